The predicted molar refractivity (Wildman–Crippen MR) is 132 cm³/mol. The van der Waals surface area contributed by atoms with Gasteiger partial charge in [0.2, 0.25) is 0 Å². The number of hydrogen-bond acceptors (Lipinski definition) is 2. The second kappa shape index (κ2) is 6.76. The van der Waals surface area contributed by atoms with E-state index in [9.17, 15) is 8.78 Å². The van der Waals surface area contributed by atoms with Gasteiger partial charge in [-0.25, -0.2) is 0 Å². The maximum atomic E-state index is 13.8. The van der Waals surface area contributed by atoms with Crippen molar-refractivity contribution in [1.82, 2.24) is 0 Å². The second-order valence-electron chi connectivity index (χ2n) is 11.6. The van der Waals surface area contributed by atoms with Crippen molar-refractivity contribution in [2.45, 2.75) is 42.9 Å². The van der Waals surface area contributed by atoms with Crippen LogP contribution in [-0.2, 0) is 15.3 Å². The van der Waals surface area contributed by atoms with Gasteiger partial charge in [0, 0.05) is 0 Å². The van der Waals surface area contributed by atoms with Crippen LogP contribution >= 0.6 is 0 Å². The van der Waals surface area contributed by atoms with Crippen molar-refractivity contribution in [1.29, 1.82) is 0 Å². The Bertz CT molecular complexity index is 1360. The standard InChI is InChI=1S/C7H9.2C6H5FO.C6H7.2CH3.H2Si.Zr/c1-6-3-4-7(2)5-6;2*7-5-1-3-6(8)4-2-5;1-6-4-2-3-5-6;;;;/h5H,3H2,1-2H3;2*1-4,8H;2,4H,5H2,1H3;2*1H3;1H2;/q;;;;;;;+2/p-2. The van der Waals surface area contributed by atoms with Gasteiger partial charge < -0.3 is 0 Å². The van der Waals surface area contributed by atoms with E-state index in [4.69, 9.17) is 5.63 Å². The average Bonchev–Trinajstić information content (AvgIpc) is 3.33. The van der Waals surface area contributed by atoms with E-state index in [0.29, 0.717) is 11.5 Å². The van der Waals surface area contributed by atoms with Crippen LogP contribution in [0.5, 0.6) is 11.5 Å². The fourth-order valence-electron chi connectivity index (χ4n) is 5.87. The van der Waals surface area contributed by atoms with Crippen molar-refractivity contribution < 1.29 is 29.7 Å². The third kappa shape index (κ3) is 3.76. The zero-order chi connectivity index (χ0) is 24.2. The first-order valence-corrected chi connectivity index (χ1v) is 26.6. The first kappa shape index (κ1) is 24.1. The SMILES string of the molecule is CC1=CC=[C]([Zr]([CH3])([CH3])(=[SiH2])([O]c2ccc(F)cc2)([O]c2ccc(F)cc2)[C]2=C(C)C=C(C)C2)C1. The molecule has 2 nitrogen and oxygen atoms in total. The molecule has 174 valence electrons. The van der Waals surface area contributed by atoms with E-state index < -0.39 is 15.3 Å². The van der Waals surface area contributed by atoms with Crippen LogP contribution in [0.1, 0.15) is 33.6 Å². The Morgan fingerprint density at radius 2 is 1.21 bits per heavy atom. The van der Waals surface area contributed by atoms with Gasteiger partial charge in [-0.1, -0.05) is 0 Å². The molecule has 0 heterocycles. The third-order valence-electron chi connectivity index (χ3n) is 7.64. The minimum atomic E-state index is -6.14. The number of hydrogen-bond donors (Lipinski definition) is 0. The molecule has 0 aliphatic heterocycles. The van der Waals surface area contributed by atoms with Gasteiger partial charge >= 0.3 is 193 Å². The second-order valence-corrected chi connectivity index (χ2v) is 52.7. The number of halogens is 2. The average molecular weight is 546 g/mol. The quantitative estimate of drug-likeness (QED) is 0.350. The maximum absolute atomic E-state index is 13.8. The van der Waals surface area contributed by atoms with Crippen LogP contribution in [0.3, 0.4) is 0 Å². The number of benzene rings is 2. The molecule has 2 aromatic rings. The third-order valence-corrected chi connectivity index (χ3v) is 34.4. The zero-order valence-electron chi connectivity index (χ0n) is 20.0. The summed E-state index contributed by atoms with van der Waals surface area (Å²) >= 11 is -6.14. The zero-order valence-corrected chi connectivity index (χ0v) is 23.9. The molecule has 0 radical (unpaired) electrons. The molecule has 0 atom stereocenters. The van der Waals surface area contributed by atoms with Crippen LogP contribution < -0.4 is 5.63 Å². The normalized spacial score (nSPS) is 19.6. The van der Waals surface area contributed by atoms with Gasteiger partial charge in [-0.05, 0) is 0 Å². The summed E-state index contributed by atoms with van der Waals surface area (Å²) in [6.07, 6.45) is 7.90. The van der Waals surface area contributed by atoms with Crippen LogP contribution in [0.15, 0.2) is 90.0 Å². The fourth-order valence-corrected chi connectivity index (χ4v) is 30.2. The van der Waals surface area contributed by atoms with Crippen molar-refractivity contribution >= 4 is 6.88 Å². The molecule has 0 unspecified atom stereocenters. The summed E-state index contributed by atoms with van der Waals surface area (Å²) in [5.41, 5.74) is 3.59. The summed E-state index contributed by atoms with van der Waals surface area (Å²) < 4.78 is 48.9. The molecule has 0 bridgehead atoms. The van der Waals surface area contributed by atoms with Crippen molar-refractivity contribution in [3.8, 4) is 11.5 Å². The molecule has 0 fully saturated rings. The summed E-state index contributed by atoms with van der Waals surface area (Å²) in [7, 11) is 0. The Morgan fingerprint density at radius 1 is 0.727 bits per heavy atom. The Kier molecular flexibility index (Phi) is 4.94. The van der Waals surface area contributed by atoms with Gasteiger partial charge in [0.1, 0.15) is 0 Å². The summed E-state index contributed by atoms with van der Waals surface area (Å²) in [4.78, 5) is 0. The van der Waals surface area contributed by atoms with E-state index in [1.54, 1.807) is 24.3 Å². The number of rotatable bonds is 6. The summed E-state index contributed by atoms with van der Waals surface area (Å²) in [5.74, 6) is 0.454. The predicted octanol–water partition coefficient (Wildman–Crippen LogP) is 7.52. The Morgan fingerprint density at radius 3 is 1.58 bits per heavy atom. The molecule has 0 N–H and O–H groups in total. The van der Waals surface area contributed by atoms with E-state index >= 15 is 0 Å². The van der Waals surface area contributed by atoms with E-state index in [1.165, 1.54) is 35.4 Å². The Hall–Kier alpha value is -2.04. The van der Waals surface area contributed by atoms with Crippen molar-refractivity contribution in [2.24, 2.45) is 0 Å². The van der Waals surface area contributed by atoms with E-state index in [0.717, 1.165) is 25.0 Å². The molecular formula is C27H32F2O2SiZr. The molecule has 33 heavy (non-hydrogen) atoms. The topological polar surface area (TPSA) is 18.5 Å². The van der Waals surface area contributed by atoms with Crippen LogP contribution in [0.2, 0.25) is 9.26 Å². The van der Waals surface area contributed by atoms with E-state index in [1.807, 2.05) is 6.88 Å². The van der Waals surface area contributed by atoms with Crippen LogP contribution in [0.25, 0.3) is 0 Å². The summed E-state index contributed by atoms with van der Waals surface area (Å²) in [5, 5.41) is 0. The molecule has 0 amide bonds. The van der Waals surface area contributed by atoms with Crippen molar-refractivity contribution in [3.05, 3.63) is 102 Å². The van der Waals surface area contributed by atoms with E-state index in [2.05, 4.69) is 48.3 Å². The molecular weight excluding hydrogens is 514 g/mol. The summed E-state index contributed by atoms with van der Waals surface area (Å²) in [6, 6.07) is 12.3. The number of allylic oxidation sites excluding steroid dienone is 8. The molecule has 0 saturated carbocycles. The first-order valence-electron chi connectivity index (χ1n) is 11.3. The van der Waals surface area contributed by atoms with Gasteiger partial charge in [-0.15, -0.1) is 0 Å². The Labute approximate surface area is 191 Å². The van der Waals surface area contributed by atoms with Gasteiger partial charge in [-0.3, -0.25) is 0 Å². The van der Waals surface area contributed by atoms with Gasteiger partial charge in [-0.2, -0.15) is 0 Å². The van der Waals surface area contributed by atoms with Gasteiger partial charge in [0.15, 0.2) is 0 Å². The fraction of sp³-hybridized carbons (Fsp3) is 0.259. The molecule has 6 heteroatoms. The molecule has 0 spiro atoms. The van der Waals surface area contributed by atoms with Gasteiger partial charge in [0.05, 0.1) is 0 Å². The van der Waals surface area contributed by atoms with Crippen LogP contribution in [0, 0.1) is 11.6 Å². The van der Waals surface area contributed by atoms with Crippen LogP contribution in [0.4, 0.5) is 8.78 Å². The molecule has 0 saturated heterocycles. The molecule has 2 aliphatic rings. The monoisotopic (exact) mass is 544 g/mol. The first-order chi connectivity index (χ1) is 15.2. The van der Waals surface area contributed by atoms with Crippen LogP contribution in [-0.4, -0.2) is 6.88 Å². The van der Waals surface area contributed by atoms with Crippen molar-refractivity contribution in [3.63, 3.8) is 0 Å². The molecule has 4 rings (SSSR count). The Balaban J connectivity index is 2.10. The molecule has 2 aromatic carbocycles. The molecule has 2 aliphatic carbocycles. The summed E-state index contributed by atoms with van der Waals surface area (Å²) in [6.45, 7) is 8.17. The van der Waals surface area contributed by atoms with Crippen molar-refractivity contribution in [2.75, 3.05) is 0 Å². The van der Waals surface area contributed by atoms with E-state index in [-0.39, 0.29) is 11.6 Å². The molecule has 0 aromatic heterocycles. The minimum absolute atomic E-state index is 0.324. The van der Waals surface area contributed by atoms with Gasteiger partial charge in [0.25, 0.3) is 0 Å².